The van der Waals surface area contributed by atoms with Gasteiger partial charge < -0.3 is 15.4 Å². The quantitative estimate of drug-likeness (QED) is 0.640. The van der Waals surface area contributed by atoms with E-state index in [-0.39, 0.29) is 6.03 Å². The molecule has 0 radical (unpaired) electrons. The van der Waals surface area contributed by atoms with E-state index in [1.54, 1.807) is 19.2 Å². The Kier molecular flexibility index (Phi) is 4.93. The lowest BCUT2D eigenvalue weighted by molar-refractivity contribution is 0.262. The molecule has 0 aliphatic heterocycles. The summed E-state index contributed by atoms with van der Waals surface area (Å²) in [5, 5.41) is 13.0. The van der Waals surface area contributed by atoms with E-state index in [9.17, 15) is 4.79 Å². The van der Waals surface area contributed by atoms with Gasteiger partial charge in [-0.15, -0.1) is 0 Å². The minimum absolute atomic E-state index is 0.339. The Morgan fingerprint density at radius 2 is 1.88 bits per heavy atom. The molecule has 0 fully saturated rings. The van der Waals surface area contributed by atoms with Gasteiger partial charge in [0.15, 0.2) is 0 Å². The number of rotatable bonds is 4. The molecule has 1 aromatic heterocycles. The number of hydrogen-bond acceptors (Lipinski definition) is 3. The second-order valence-electron chi connectivity index (χ2n) is 6.20. The Bertz CT molecular complexity index is 947. The van der Waals surface area contributed by atoms with Crippen LogP contribution in [-0.2, 0) is 0 Å². The summed E-state index contributed by atoms with van der Waals surface area (Å²) in [6.07, 6.45) is 0. The Hall–Kier alpha value is -3.28. The molecule has 0 atom stereocenters. The number of amides is 2. The third kappa shape index (κ3) is 3.69. The Morgan fingerprint density at radius 3 is 2.62 bits per heavy atom. The molecule has 134 valence electrons. The number of H-pyrrole nitrogens is 1. The number of carbonyl (C=O) groups excluding carboxylic acids is 1. The number of aryl methyl sites for hydroxylation is 3. The number of methoxy groups -OCH3 is 1. The van der Waals surface area contributed by atoms with Crippen LogP contribution in [0.2, 0.25) is 0 Å². The number of benzene rings is 2. The maximum atomic E-state index is 12.4. The van der Waals surface area contributed by atoms with Gasteiger partial charge in [0.1, 0.15) is 11.4 Å². The molecule has 3 rings (SSSR count). The molecule has 26 heavy (non-hydrogen) atoms. The number of carbonyl (C=O) groups is 1. The number of ether oxygens (including phenoxy) is 1. The molecule has 0 aliphatic carbocycles. The van der Waals surface area contributed by atoms with Crippen molar-refractivity contribution in [2.75, 3.05) is 17.7 Å². The first-order chi connectivity index (χ1) is 12.5. The molecule has 2 amide bonds. The summed E-state index contributed by atoms with van der Waals surface area (Å²) in [6.45, 7) is 5.96. The van der Waals surface area contributed by atoms with Crippen molar-refractivity contribution in [3.8, 4) is 17.0 Å². The van der Waals surface area contributed by atoms with Crippen molar-refractivity contribution < 1.29 is 9.53 Å². The van der Waals surface area contributed by atoms with Crippen LogP contribution < -0.4 is 15.4 Å². The molecular formula is C20H22N4O2. The number of nitrogens with zero attached hydrogens (tertiary/aromatic N) is 1. The first-order valence-corrected chi connectivity index (χ1v) is 8.32. The molecule has 0 saturated carbocycles. The Balaban J connectivity index is 1.83. The third-order valence-corrected chi connectivity index (χ3v) is 4.15. The van der Waals surface area contributed by atoms with Crippen molar-refractivity contribution in [3.63, 3.8) is 0 Å². The summed E-state index contributed by atoms with van der Waals surface area (Å²) >= 11 is 0. The van der Waals surface area contributed by atoms with Gasteiger partial charge in [-0.05, 0) is 38.5 Å². The van der Waals surface area contributed by atoms with E-state index in [2.05, 4.69) is 26.9 Å². The van der Waals surface area contributed by atoms with Crippen LogP contribution in [0.4, 0.5) is 16.2 Å². The van der Waals surface area contributed by atoms with Crippen molar-refractivity contribution >= 4 is 17.4 Å². The fourth-order valence-electron chi connectivity index (χ4n) is 2.83. The number of aromatic nitrogens is 2. The fourth-order valence-corrected chi connectivity index (χ4v) is 2.83. The zero-order valence-electron chi connectivity index (χ0n) is 15.3. The highest BCUT2D eigenvalue weighted by Crippen LogP contribution is 2.31. The number of anilines is 2. The summed E-state index contributed by atoms with van der Waals surface area (Å²) in [7, 11) is 1.59. The zero-order chi connectivity index (χ0) is 18.7. The highest BCUT2D eigenvalue weighted by atomic mass is 16.5. The third-order valence-electron chi connectivity index (χ3n) is 4.15. The molecule has 6 nitrogen and oxygen atoms in total. The average Bonchev–Trinajstić information content (AvgIpc) is 2.95. The predicted molar refractivity (Wildman–Crippen MR) is 104 cm³/mol. The van der Waals surface area contributed by atoms with Gasteiger partial charge in [0.05, 0.1) is 18.5 Å². The smallest absolute Gasteiger partial charge is 0.323 e. The van der Waals surface area contributed by atoms with E-state index in [4.69, 9.17) is 4.74 Å². The van der Waals surface area contributed by atoms with E-state index in [1.165, 1.54) is 5.56 Å². The normalized spacial score (nSPS) is 10.5. The molecule has 0 spiro atoms. The van der Waals surface area contributed by atoms with Crippen LogP contribution in [0, 0.1) is 20.8 Å². The topological polar surface area (TPSA) is 79.0 Å². The lowest BCUT2D eigenvalue weighted by Crippen LogP contribution is -2.20. The number of urea groups is 1. The Labute approximate surface area is 152 Å². The first kappa shape index (κ1) is 17.5. The number of hydrogen-bond donors (Lipinski definition) is 3. The predicted octanol–water partition coefficient (Wildman–Crippen LogP) is 4.65. The van der Waals surface area contributed by atoms with Gasteiger partial charge in [-0.2, -0.15) is 5.10 Å². The minimum Gasteiger partial charge on any atom is -0.497 e. The minimum atomic E-state index is -0.339. The van der Waals surface area contributed by atoms with E-state index < -0.39 is 0 Å². The fraction of sp³-hybridized carbons (Fsp3) is 0.200. The molecule has 1 heterocycles. The lowest BCUT2D eigenvalue weighted by Gasteiger charge is -2.11. The van der Waals surface area contributed by atoms with Crippen LogP contribution in [0.25, 0.3) is 11.3 Å². The van der Waals surface area contributed by atoms with Crippen LogP contribution in [0.3, 0.4) is 0 Å². The largest absolute Gasteiger partial charge is 0.497 e. The van der Waals surface area contributed by atoms with Gasteiger partial charge in [-0.1, -0.05) is 29.8 Å². The van der Waals surface area contributed by atoms with Crippen molar-refractivity contribution in [3.05, 3.63) is 59.3 Å². The monoisotopic (exact) mass is 350 g/mol. The van der Waals surface area contributed by atoms with E-state index in [1.807, 2.05) is 45.0 Å². The molecule has 6 heteroatoms. The maximum Gasteiger partial charge on any atom is 0.323 e. The summed E-state index contributed by atoms with van der Waals surface area (Å²) in [4.78, 5) is 12.4. The van der Waals surface area contributed by atoms with E-state index in [0.29, 0.717) is 17.1 Å². The molecule has 0 bridgehead atoms. The first-order valence-electron chi connectivity index (χ1n) is 8.32. The second kappa shape index (κ2) is 7.31. The molecule has 0 saturated heterocycles. The summed E-state index contributed by atoms with van der Waals surface area (Å²) in [6, 6.07) is 13.0. The van der Waals surface area contributed by atoms with Crippen LogP contribution in [0.15, 0.2) is 42.5 Å². The van der Waals surface area contributed by atoms with Crippen molar-refractivity contribution in [1.29, 1.82) is 0 Å². The molecule has 3 N–H and O–H groups in total. The highest BCUT2D eigenvalue weighted by molar-refractivity contribution is 6.02. The molecule has 0 unspecified atom stereocenters. The summed E-state index contributed by atoms with van der Waals surface area (Å²) in [5.74, 6) is 0.679. The van der Waals surface area contributed by atoms with E-state index in [0.717, 1.165) is 22.5 Å². The van der Waals surface area contributed by atoms with Crippen molar-refractivity contribution in [1.82, 2.24) is 10.2 Å². The average molecular weight is 350 g/mol. The Morgan fingerprint density at radius 1 is 1.08 bits per heavy atom. The van der Waals surface area contributed by atoms with Crippen LogP contribution in [-0.4, -0.2) is 23.3 Å². The van der Waals surface area contributed by atoms with Gasteiger partial charge in [0, 0.05) is 17.3 Å². The number of aromatic amines is 1. The SMILES string of the molecule is COc1cccc(NC(=O)Nc2c(-c3ccc(C)cc3C)n[nH]c2C)c1. The van der Waals surface area contributed by atoms with Crippen molar-refractivity contribution in [2.24, 2.45) is 0 Å². The van der Waals surface area contributed by atoms with Crippen molar-refractivity contribution in [2.45, 2.75) is 20.8 Å². The number of nitrogens with one attached hydrogen (secondary N) is 3. The molecule has 3 aromatic rings. The zero-order valence-corrected chi connectivity index (χ0v) is 15.3. The van der Waals surface area contributed by atoms with E-state index >= 15 is 0 Å². The standard InChI is InChI=1S/C20H22N4O2/c1-12-8-9-17(13(2)10-12)19-18(14(3)23-24-19)22-20(25)21-15-6-5-7-16(11-15)26-4/h5-11H,1-4H3,(H,23,24)(H2,21,22,25). The molecular weight excluding hydrogens is 328 g/mol. The van der Waals surface area contributed by atoms with Crippen LogP contribution >= 0.6 is 0 Å². The summed E-state index contributed by atoms with van der Waals surface area (Å²) in [5.41, 5.74) is 6.10. The highest BCUT2D eigenvalue weighted by Gasteiger charge is 2.16. The van der Waals surface area contributed by atoms with Gasteiger partial charge >= 0.3 is 6.03 Å². The molecule has 2 aromatic carbocycles. The second-order valence-corrected chi connectivity index (χ2v) is 6.20. The van der Waals surface area contributed by atoms with Crippen LogP contribution in [0.5, 0.6) is 5.75 Å². The van der Waals surface area contributed by atoms with Gasteiger partial charge in [0.25, 0.3) is 0 Å². The maximum absolute atomic E-state index is 12.4. The van der Waals surface area contributed by atoms with Gasteiger partial charge in [-0.3, -0.25) is 5.10 Å². The van der Waals surface area contributed by atoms with Crippen LogP contribution in [0.1, 0.15) is 16.8 Å². The van der Waals surface area contributed by atoms with Gasteiger partial charge in [-0.25, -0.2) is 4.79 Å². The summed E-state index contributed by atoms with van der Waals surface area (Å²) < 4.78 is 5.17. The van der Waals surface area contributed by atoms with Gasteiger partial charge in [0.2, 0.25) is 0 Å². The molecule has 0 aliphatic rings. The lowest BCUT2D eigenvalue weighted by atomic mass is 10.0.